The van der Waals surface area contributed by atoms with Crippen molar-refractivity contribution >= 4 is 17.6 Å². The number of phenolic OH excluding ortho intramolecular Hbond substituents is 1. The van der Waals surface area contributed by atoms with Gasteiger partial charge in [0.15, 0.2) is 0 Å². The summed E-state index contributed by atoms with van der Waals surface area (Å²) in [6, 6.07) is 4.02. The maximum absolute atomic E-state index is 11.2. The highest BCUT2D eigenvalue weighted by Crippen LogP contribution is 2.27. The topological polar surface area (TPSA) is 72.5 Å². The molecule has 0 aromatic heterocycles. The van der Waals surface area contributed by atoms with Crippen LogP contribution >= 0.6 is 11.6 Å². The van der Waals surface area contributed by atoms with E-state index in [0.717, 1.165) is 0 Å². The highest BCUT2D eigenvalue weighted by Gasteiger charge is 2.15. The van der Waals surface area contributed by atoms with Gasteiger partial charge in [0.2, 0.25) is 0 Å². The van der Waals surface area contributed by atoms with E-state index >= 15 is 0 Å². The smallest absolute Gasteiger partial charge is 0.307 e. The maximum Gasteiger partial charge on any atom is 0.307 e. The molecule has 16 heavy (non-hydrogen) atoms. The zero-order chi connectivity index (χ0) is 12.1. The fourth-order valence-corrected chi connectivity index (χ4v) is 1.51. The van der Waals surface area contributed by atoms with Crippen LogP contribution in [0.25, 0.3) is 0 Å². The summed E-state index contributed by atoms with van der Waals surface area (Å²) in [5, 5.41) is 10.0. The molecule has 0 bridgehead atoms. The molecule has 0 spiro atoms. The van der Waals surface area contributed by atoms with Crippen LogP contribution in [0.15, 0.2) is 18.2 Å². The number of carbonyl (C=O) groups is 1. The van der Waals surface area contributed by atoms with E-state index in [1.54, 1.807) is 19.1 Å². The predicted molar refractivity (Wildman–Crippen MR) is 61.3 cm³/mol. The third kappa shape index (κ3) is 3.40. The van der Waals surface area contributed by atoms with Crippen molar-refractivity contribution in [3.05, 3.63) is 28.8 Å². The molecule has 1 aromatic rings. The number of rotatable bonds is 4. The molecule has 1 atom stereocenters. The summed E-state index contributed by atoms with van der Waals surface area (Å²) in [6.07, 6.45) is 0.0308. The first kappa shape index (κ1) is 12.8. The number of halogens is 1. The summed E-state index contributed by atoms with van der Waals surface area (Å²) in [6.45, 7) is 2.04. The zero-order valence-electron chi connectivity index (χ0n) is 8.94. The van der Waals surface area contributed by atoms with Crippen LogP contribution in [0.5, 0.6) is 5.75 Å². The average Bonchev–Trinajstić information content (AvgIpc) is 2.17. The van der Waals surface area contributed by atoms with E-state index in [2.05, 4.69) is 0 Å². The molecule has 5 heteroatoms. The van der Waals surface area contributed by atoms with Crippen LogP contribution < -0.4 is 5.73 Å². The first-order valence-corrected chi connectivity index (χ1v) is 5.32. The second kappa shape index (κ2) is 5.72. The Morgan fingerprint density at radius 1 is 1.62 bits per heavy atom. The quantitative estimate of drug-likeness (QED) is 0.794. The number of nitrogens with two attached hydrogens (primary N) is 1. The van der Waals surface area contributed by atoms with Crippen LogP contribution in [0, 0.1) is 0 Å². The van der Waals surface area contributed by atoms with Crippen LogP contribution in [0.2, 0.25) is 5.02 Å². The predicted octanol–water partition coefficient (Wildman–Crippen LogP) is 2.00. The molecule has 0 fully saturated rings. The number of benzene rings is 1. The minimum absolute atomic E-state index is 0.00991. The minimum Gasteiger partial charge on any atom is -0.508 e. The molecule has 0 radical (unpaired) electrons. The number of ether oxygens (including phenoxy) is 1. The van der Waals surface area contributed by atoms with Crippen molar-refractivity contribution in [1.29, 1.82) is 0 Å². The summed E-state index contributed by atoms with van der Waals surface area (Å²) in [4.78, 5) is 11.2. The number of hydrogen-bond acceptors (Lipinski definition) is 4. The molecule has 1 aromatic carbocycles. The SMILES string of the molecule is CCOC(=O)C[C@@H](N)c1ccc(Cl)cc1O. The highest BCUT2D eigenvalue weighted by atomic mass is 35.5. The molecular weight excluding hydrogens is 230 g/mol. The average molecular weight is 244 g/mol. The lowest BCUT2D eigenvalue weighted by Gasteiger charge is -2.12. The molecule has 0 unspecified atom stereocenters. The number of carbonyl (C=O) groups excluding carboxylic acids is 1. The van der Waals surface area contributed by atoms with Crippen LogP contribution in [0.4, 0.5) is 0 Å². The van der Waals surface area contributed by atoms with E-state index in [4.69, 9.17) is 22.1 Å². The van der Waals surface area contributed by atoms with Gasteiger partial charge in [-0.25, -0.2) is 0 Å². The van der Waals surface area contributed by atoms with Gasteiger partial charge in [0, 0.05) is 16.6 Å². The fourth-order valence-electron chi connectivity index (χ4n) is 1.34. The van der Waals surface area contributed by atoms with Crippen LogP contribution in [0.1, 0.15) is 24.9 Å². The number of phenols is 1. The van der Waals surface area contributed by atoms with Crippen LogP contribution in [0.3, 0.4) is 0 Å². The first-order chi connectivity index (χ1) is 7.54. The van der Waals surface area contributed by atoms with Gasteiger partial charge in [0.1, 0.15) is 5.75 Å². The second-order valence-electron chi connectivity index (χ2n) is 3.32. The molecule has 0 saturated carbocycles. The standard InChI is InChI=1S/C11H14ClNO3/c1-2-16-11(15)6-9(13)8-4-3-7(12)5-10(8)14/h3-5,9,14H,2,6,13H2,1H3/t9-/m1/s1. The molecular formula is C11H14ClNO3. The van der Waals surface area contributed by atoms with E-state index in [1.807, 2.05) is 0 Å². The fraction of sp³-hybridized carbons (Fsp3) is 0.364. The van der Waals surface area contributed by atoms with Gasteiger partial charge in [-0.05, 0) is 19.1 Å². The van der Waals surface area contributed by atoms with Gasteiger partial charge in [0.25, 0.3) is 0 Å². The molecule has 0 aliphatic carbocycles. The van der Waals surface area contributed by atoms with E-state index in [9.17, 15) is 9.90 Å². The summed E-state index contributed by atoms with van der Waals surface area (Å²) in [5.74, 6) is -0.395. The Morgan fingerprint density at radius 2 is 2.31 bits per heavy atom. The maximum atomic E-state index is 11.2. The van der Waals surface area contributed by atoms with Crippen LogP contribution in [-0.4, -0.2) is 17.7 Å². The Kier molecular flexibility index (Phi) is 4.58. The summed E-state index contributed by atoms with van der Waals surface area (Å²) >= 11 is 5.68. The minimum atomic E-state index is -0.587. The lowest BCUT2D eigenvalue weighted by Crippen LogP contribution is -2.17. The zero-order valence-corrected chi connectivity index (χ0v) is 9.70. The largest absolute Gasteiger partial charge is 0.508 e. The molecule has 0 saturated heterocycles. The van der Waals surface area contributed by atoms with Crippen molar-refractivity contribution in [2.24, 2.45) is 5.73 Å². The number of aromatic hydroxyl groups is 1. The third-order valence-electron chi connectivity index (χ3n) is 2.08. The Bertz CT molecular complexity index is 381. The van der Waals surface area contributed by atoms with E-state index in [0.29, 0.717) is 17.2 Å². The normalized spacial score (nSPS) is 12.2. The molecule has 0 heterocycles. The summed E-state index contributed by atoms with van der Waals surface area (Å²) < 4.78 is 4.77. The van der Waals surface area contributed by atoms with E-state index < -0.39 is 6.04 Å². The Labute approximate surface area is 99.0 Å². The highest BCUT2D eigenvalue weighted by molar-refractivity contribution is 6.30. The van der Waals surface area contributed by atoms with Gasteiger partial charge in [0.05, 0.1) is 13.0 Å². The lowest BCUT2D eigenvalue weighted by molar-refractivity contribution is -0.143. The molecule has 3 N–H and O–H groups in total. The van der Waals surface area contributed by atoms with E-state index in [-0.39, 0.29) is 18.1 Å². The molecule has 0 aliphatic rings. The molecule has 0 aliphatic heterocycles. The van der Waals surface area contributed by atoms with Crippen molar-refractivity contribution < 1.29 is 14.6 Å². The Balaban J connectivity index is 2.72. The van der Waals surface area contributed by atoms with Crippen molar-refractivity contribution in [3.63, 3.8) is 0 Å². The number of hydrogen-bond donors (Lipinski definition) is 2. The lowest BCUT2D eigenvalue weighted by atomic mass is 10.0. The third-order valence-corrected chi connectivity index (χ3v) is 2.32. The first-order valence-electron chi connectivity index (χ1n) is 4.94. The molecule has 4 nitrogen and oxygen atoms in total. The monoisotopic (exact) mass is 243 g/mol. The number of esters is 1. The second-order valence-corrected chi connectivity index (χ2v) is 3.76. The summed E-state index contributed by atoms with van der Waals surface area (Å²) in [7, 11) is 0. The van der Waals surface area contributed by atoms with Gasteiger partial charge < -0.3 is 15.6 Å². The molecule has 0 amide bonds. The van der Waals surface area contributed by atoms with Crippen molar-refractivity contribution in [3.8, 4) is 5.75 Å². The van der Waals surface area contributed by atoms with Gasteiger partial charge in [-0.1, -0.05) is 17.7 Å². The Morgan fingerprint density at radius 3 is 2.88 bits per heavy atom. The van der Waals surface area contributed by atoms with Crippen molar-refractivity contribution in [2.75, 3.05) is 6.61 Å². The van der Waals surface area contributed by atoms with Crippen molar-refractivity contribution in [2.45, 2.75) is 19.4 Å². The van der Waals surface area contributed by atoms with Crippen LogP contribution in [-0.2, 0) is 9.53 Å². The molecule has 88 valence electrons. The van der Waals surface area contributed by atoms with Gasteiger partial charge in [-0.15, -0.1) is 0 Å². The van der Waals surface area contributed by atoms with E-state index in [1.165, 1.54) is 6.07 Å². The van der Waals surface area contributed by atoms with Crippen molar-refractivity contribution in [1.82, 2.24) is 0 Å². The Hall–Kier alpha value is -1.26. The van der Waals surface area contributed by atoms with Gasteiger partial charge in [-0.2, -0.15) is 0 Å². The van der Waals surface area contributed by atoms with Gasteiger partial charge in [-0.3, -0.25) is 4.79 Å². The summed E-state index contributed by atoms with van der Waals surface area (Å²) in [5.41, 5.74) is 6.26. The van der Waals surface area contributed by atoms with Gasteiger partial charge >= 0.3 is 5.97 Å². The molecule has 1 rings (SSSR count).